The second kappa shape index (κ2) is 4.64. The summed E-state index contributed by atoms with van der Waals surface area (Å²) in [7, 11) is 0. The highest BCUT2D eigenvalue weighted by molar-refractivity contribution is 5.48. The summed E-state index contributed by atoms with van der Waals surface area (Å²) >= 11 is 0. The van der Waals surface area contributed by atoms with Gasteiger partial charge in [0.25, 0.3) is 5.89 Å². The molecule has 0 aliphatic carbocycles. The first-order valence-corrected chi connectivity index (χ1v) is 5.66. The maximum absolute atomic E-state index is 5.19. The van der Waals surface area contributed by atoms with Crippen LogP contribution in [0.15, 0.2) is 16.9 Å². The van der Waals surface area contributed by atoms with Crippen LogP contribution in [0.1, 0.15) is 5.82 Å². The Bertz CT molecular complexity index is 459. The number of hydrogen-bond acceptors (Lipinski definition) is 6. The van der Waals surface area contributed by atoms with Crippen molar-refractivity contribution in [2.45, 2.75) is 6.54 Å². The van der Waals surface area contributed by atoms with E-state index in [0.717, 1.165) is 44.1 Å². The van der Waals surface area contributed by atoms with Crippen molar-refractivity contribution < 1.29 is 4.52 Å². The van der Waals surface area contributed by atoms with Gasteiger partial charge in [0.15, 0.2) is 5.82 Å². The molecule has 90 valence electrons. The van der Waals surface area contributed by atoms with Crippen LogP contribution in [0.5, 0.6) is 0 Å². The smallest absolute Gasteiger partial charge is 0.261 e. The van der Waals surface area contributed by atoms with Gasteiger partial charge in [-0.15, -0.1) is 0 Å². The van der Waals surface area contributed by atoms with E-state index < -0.39 is 0 Å². The highest BCUT2D eigenvalue weighted by Gasteiger charge is 2.14. The van der Waals surface area contributed by atoms with Gasteiger partial charge < -0.3 is 9.84 Å². The molecule has 1 aliphatic rings. The zero-order valence-electron chi connectivity index (χ0n) is 9.39. The first-order chi connectivity index (χ1) is 8.42. The summed E-state index contributed by atoms with van der Waals surface area (Å²) < 4.78 is 5.19. The maximum Gasteiger partial charge on any atom is 0.261 e. The number of H-pyrrole nitrogens is 1. The van der Waals surface area contributed by atoms with E-state index in [4.69, 9.17) is 4.52 Å². The van der Waals surface area contributed by atoms with E-state index in [2.05, 4.69) is 30.6 Å². The standard InChI is InChI=1S/C10H14N6O/c1-3-16(4-2-11-1)7-9-14-10(17-15-9)8-5-12-13-6-8/h5-6,11H,1-4,7H2,(H,12,13). The van der Waals surface area contributed by atoms with Crippen molar-refractivity contribution >= 4 is 0 Å². The third kappa shape index (κ3) is 2.34. The van der Waals surface area contributed by atoms with E-state index in [1.807, 2.05) is 0 Å². The Morgan fingerprint density at radius 1 is 1.35 bits per heavy atom. The minimum absolute atomic E-state index is 0.517. The molecular weight excluding hydrogens is 220 g/mol. The van der Waals surface area contributed by atoms with Crippen LogP contribution in [0.2, 0.25) is 0 Å². The number of aromatic amines is 1. The van der Waals surface area contributed by atoms with Gasteiger partial charge in [-0.2, -0.15) is 10.1 Å². The summed E-state index contributed by atoms with van der Waals surface area (Å²) in [5.41, 5.74) is 0.823. The lowest BCUT2D eigenvalue weighted by molar-refractivity contribution is 0.225. The molecule has 0 amide bonds. The number of piperazine rings is 1. The van der Waals surface area contributed by atoms with E-state index in [9.17, 15) is 0 Å². The van der Waals surface area contributed by atoms with Crippen LogP contribution in [0.25, 0.3) is 11.5 Å². The van der Waals surface area contributed by atoms with Gasteiger partial charge in [-0.05, 0) is 0 Å². The fraction of sp³-hybridized carbons (Fsp3) is 0.500. The molecular formula is C10H14N6O. The molecule has 3 rings (SSSR count). The van der Waals surface area contributed by atoms with E-state index in [1.54, 1.807) is 12.4 Å². The van der Waals surface area contributed by atoms with Gasteiger partial charge in [-0.1, -0.05) is 5.16 Å². The predicted octanol–water partition coefficient (Wildman–Crippen LogP) is -0.135. The van der Waals surface area contributed by atoms with Crippen LogP contribution in [0.4, 0.5) is 0 Å². The molecule has 7 nitrogen and oxygen atoms in total. The monoisotopic (exact) mass is 234 g/mol. The van der Waals surface area contributed by atoms with E-state index in [-0.39, 0.29) is 0 Å². The maximum atomic E-state index is 5.19. The molecule has 2 aromatic rings. The Labute approximate surface area is 98.2 Å². The molecule has 3 heterocycles. The number of nitrogens with zero attached hydrogens (tertiary/aromatic N) is 4. The average Bonchev–Trinajstić information content (AvgIpc) is 3.00. The van der Waals surface area contributed by atoms with Crippen LogP contribution < -0.4 is 5.32 Å². The molecule has 0 atom stereocenters. The second-order valence-electron chi connectivity index (χ2n) is 4.03. The Morgan fingerprint density at radius 3 is 3.00 bits per heavy atom. The zero-order valence-corrected chi connectivity index (χ0v) is 9.39. The second-order valence-corrected chi connectivity index (χ2v) is 4.03. The molecule has 7 heteroatoms. The third-order valence-electron chi connectivity index (χ3n) is 2.79. The Kier molecular flexibility index (Phi) is 2.85. The summed E-state index contributed by atoms with van der Waals surface area (Å²) in [4.78, 5) is 6.65. The molecule has 0 spiro atoms. The molecule has 2 aromatic heterocycles. The van der Waals surface area contributed by atoms with Crippen LogP contribution in [-0.4, -0.2) is 51.4 Å². The Hall–Kier alpha value is -1.73. The largest absolute Gasteiger partial charge is 0.334 e. The predicted molar refractivity (Wildman–Crippen MR) is 60.0 cm³/mol. The topological polar surface area (TPSA) is 82.9 Å². The summed E-state index contributed by atoms with van der Waals surface area (Å²) in [5.74, 6) is 1.24. The lowest BCUT2D eigenvalue weighted by Gasteiger charge is -2.25. The lowest BCUT2D eigenvalue weighted by Crippen LogP contribution is -2.43. The zero-order chi connectivity index (χ0) is 11.5. The summed E-state index contributed by atoms with van der Waals surface area (Å²) in [6.45, 7) is 4.83. The first kappa shape index (κ1) is 10.4. The van der Waals surface area contributed by atoms with Crippen molar-refractivity contribution in [3.8, 4) is 11.5 Å². The van der Waals surface area contributed by atoms with E-state index in [0.29, 0.717) is 5.89 Å². The molecule has 0 aromatic carbocycles. The molecule has 1 aliphatic heterocycles. The fourth-order valence-corrected chi connectivity index (χ4v) is 1.87. The SMILES string of the molecule is c1n[nH]cc1-c1nc(CN2CCNCC2)no1. The average molecular weight is 234 g/mol. The molecule has 1 saturated heterocycles. The van der Waals surface area contributed by atoms with E-state index in [1.165, 1.54) is 0 Å². The van der Waals surface area contributed by atoms with Crippen molar-refractivity contribution in [3.05, 3.63) is 18.2 Å². The quantitative estimate of drug-likeness (QED) is 0.769. The van der Waals surface area contributed by atoms with Gasteiger partial charge in [0, 0.05) is 32.4 Å². The molecule has 0 saturated carbocycles. The molecule has 2 N–H and O–H groups in total. The van der Waals surface area contributed by atoms with Gasteiger partial charge in [0.1, 0.15) is 0 Å². The van der Waals surface area contributed by atoms with Crippen LogP contribution >= 0.6 is 0 Å². The minimum atomic E-state index is 0.517. The van der Waals surface area contributed by atoms with Crippen LogP contribution in [-0.2, 0) is 6.54 Å². The highest BCUT2D eigenvalue weighted by Crippen LogP contribution is 2.15. The molecule has 0 unspecified atom stereocenters. The number of hydrogen-bond donors (Lipinski definition) is 2. The molecule has 0 bridgehead atoms. The number of rotatable bonds is 3. The van der Waals surface area contributed by atoms with Gasteiger partial charge in [0.2, 0.25) is 0 Å². The summed E-state index contributed by atoms with van der Waals surface area (Å²) in [6.07, 6.45) is 3.41. The number of nitrogens with one attached hydrogen (secondary N) is 2. The van der Waals surface area contributed by atoms with Gasteiger partial charge in [-0.25, -0.2) is 0 Å². The van der Waals surface area contributed by atoms with Crippen LogP contribution in [0, 0.1) is 0 Å². The summed E-state index contributed by atoms with van der Waals surface area (Å²) in [6, 6.07) is 0. The Morgan fingerprint density at radius 2 is 2.24 bits per heavy atom. The van der Waals surface area contributed by atoms with Gasteiger partial charge in [-0.3, -0.25) is 10.00 Å². The van der Waals surface area contributed by atoms with Crippen molar-refractivity contribution in [2.24, 2.45) is 0 Å². The van der Waals surface area contributed by atoms with E-state index >= 15 is 0 Å². The number of aromatic nitrogens is 4. The third-order valence-corrected chi connectivity index (χ3v) is 2.79. The molecule has 17 heavy (non-hydrogen) atoms. The molecule has 0 radical (unpaired) electrons. The molecule has 1 fully saturated rings. The van der Waals surface area contributed by atoms with Crippen molar-refractivity contribution in [2.75, 3.05) is 26.2 Å². The van der Waals surface area contributed by atoms with Crippen LogP contribution in [0.3, 0.4) is 0 Å². The minimum Gasteiger partial charge on any atom is -0.334 e. The van der Waals surface area contributed by atoms with Crippen molar-refractivity contribution in [1.29, 1.82) is 0 Å². The first-order valence-electron chi connectivity index (χ1n) is 5.66. The Balaban J connectivity index is 1.68. The normalized spacial score (nSPS) is 17.4. The summed E-state index contributed by atoms with van der Waals surface area (Å²) in [5, 5.41) is 13.9. The lowest BCUT2D eigenvalue weighted by atomic mass is 10.3. The van der Waals surface area contributed by atoms with Crippen molar-refractivity contribution in [3.63, 3.8) is 0 Å². The van der Waals surface area contributed by atoms with Gasteiger partial charge >= 0.3 is 0 Å². The van der Waals surface area contributed by atoms with Gasteiger partial charge in [0.05, 0.1) is 18.3 Å². The fourth-order valence-electron chi connectivity index (χ4n) is 1.87. The highest BCUT2D eigenvalue weighted by atomic mass is 16.5. The van der Waals surface area contributed by atoms with Crippen molar-refractivity contribution in [1.82, 2.24) is 30.6 Å².